The highest BCUT2D eigenvalue weighted by atomic mass is 79.9. The second kappa shape index (κ2) is 20.3. The molecule has 1 saturated heterocycles. The molecule has 1 aromatic carbocycles. The number of benzene rings is 1. The Kier molecular flexibility index (Phi) is 16.4. The highest BCUT2D eigenvalue weighted by Gasteiger charge is 2.38. The van der Waals surface area contributed by atoms with E-state index in [9.17, 15) is 60.7 Å². The molecule has 1 fully saturated rings. The molecule has 1 aliphatic heterocycles. The third-order valence-corrected chi connectivity index (χ3v) is 10.6. The van der Waals surface area contributed by atoms with Crippen molar-refractivity contribution in [2.45, 2.75) is 101 Å². The molecule has 56 heavy (non-hydrogen) atoms. The van der Waals surface area contributed by atoms with Gasteiger partial charge in [-0.3, -0.25) is 14.5 Å². The number of aliphatic hydroxyl groups is 10. The average Bonchev–Trinajstić information content (AvgIpc) is 3.52. The van der Waals surface area contributed by atoms with Crippen LogP contribution >= 0.6 is 15.9 Å². The Morgan fingerprint density at radius 1 is 0.929 bits per heavy atom. The summed E-state index contributed by atoms with van der Waals surface area (Å²) in [6.45, 7) is 3.06. The third kappa shape index (κ3) is 10.3. The summed E-state index contributed by atoms with van der Waals surface area (Å²) >= 11 is 3.20. The number of nitrogens with two attached hydrogens (primary N) is 1. The van der Waals surface area contributed by atoms with Crippen molar-refractivity contribution in [1.29, 1.82) is 0 Å². The number of anilines is 1. The summed E-state index contributed by atoms with van der Waals surface area (Å²) in [6, 6.07) is 4.91. The number of carbonyl (C=O) groups excluding carboxylic acids is 2. The summed E-state index contributed by atoms with van der Waals surface area (Å²) in [4.78, 5) is 38.1. The van der Waals surface area contributed by atoms with Gasteiger partial charge in [0.2, 0.25) is 0 Å². The number of halogens is 1. The SMILES string of the molecule is CCn1c(CNC(=O)c2nc(Br)cnc2N)[n+](CC)c2ccc(C(=O)N3CCC(N(C[C@H](O)[C@@H](O)[C@H](O)[C@H](O)CO)C[C@H](O)[C@@H](O)[C@H](O)[C@H](O)CO)CC3)cc21. The van der Waals surface area contributed by atoms with Crippen LogP contribution in [0.1, 0.15) is 53.4 Å². The predicted molar refractivity (Wildman–Crippen MR) is 202 cm³/mol. The summed E-state index contributed by atoms with van der Waals surface area (Å²) in [5, 5.41) is 104. The Labute approximate surface area is 331 Å². The lowest BCUT2D eigenvalue weighted by molar-refractivity contribution is -0.676. The van der Waals surface area contributed by atoms with E-state index in [-0.39, 0.29) is 37.1 Å². The van der Waals surface area contributed by atoms with E-state index in [0.717, 1.165) is 16.9 Å². The number of aromatic nitrogens is 4. The van der Waals surface area contributed by atoms with E-state index >= 15 is 0 Å². The van der Waals surface area contributed by atoms with Gasteiger partial charge in [0, 0.05) is 43.9 Å². The first-order valence-corrected chi connectivity index (χ1v) is 19.2. The van der Waals surface area contributed by atoms with Crippen molar-refractivity contribution in [3.63, 3.8) is 0 Å². The number of rotatable bonds is 19. The van der Waals surface area contributed by atoms with Crippen LogP contribution in [0, 0.1) is 0 Å². The Bertz CT molecular complexity index is 1750. The Balaban J connectivity index is 1.51. The van der Waals surface area contributed by atoms with Crippen molar-refractivity contribution in [2.75, 3.05) is 45.1 Å². The fraction of sp³-hybridized carbons (Fsp3) is 0.629. The van der Waals surface area contributed by atoms with Gasteiger partial charge in [-0.1, -0.05) is 0 Å². The van der Waals surface area contributed by atoms with Crippen molar-refractivity contribution in [3.8, 4) is 0 Å². The van der Waals surface area contributed by atoms with Crippen molar-refractivity contribution < 1.29 is 65.2 Å². The number of aliphatic hydroxyl groups excluding tert-OH is 10. The van der Waals surface area contributed by atoms with Crippen LogP contribution in [0.4, 0.5) is 5.82 Å². The van der Waals surface area contributed by atoms with E-state index in [1.165, 1.54) is 11.1 Å². The molecule has 1 aliphatic rings. The molecule has 0 unspecified atom stereocenters. The Morgan fingerprint density at radius 3 is 2.00 bits per heavy atom. The van der Waals surface area contributed by atoms with Crippen LogP contribution in [-0.2, 0) is 19.6 Å². The molecule has 0 saturated carbocycles. The highest BCUT2D eigenvalue weighted by molar-refractivity contribution is 9.10. The number of likely N-dealkylation sites (tertiary alicyclic amines) is 1. The zero-order valence-corrected chi connectivity index (χ0v) is 32.8. The lowest BCUT2D eigenvalue weighted by Crippen LogP contribution is -2.56. The van der Waals surface area contributed by atoms with Gasteiger partial charge in [-0.25, -0.2) is 19.1 Å². The number of nitrogen functional groups attached to an aromatic ring is 1. The first kappa shape index (κ1) is 45.3. The van der Waals surface area contributed by atoms with Gasteiger partial charge < -0.3 is 67.0 Å². The average molecular weight is 859 g/mol. The lowest BCUT2D eigenvalue weighted by Gasteiger charge is -2.41. The molecule has 8 atom stereocenters. The molecule has 2 aromatic heterocycles. The van der Waals surface area contributed by atoms with E-state index in [1.807, 2.05) is 29.0 Å². The topological polar surface area (TPSA) is 316 Å². The van der Waals surface area contributed by atoms with Crippen LogP contribution in [0.25, 0.3) is 11.0 Å². The standard InChI is InChI=1S/C35H53BrN8O12/c1-3-43-20-6-5-18(11-21(20)44(4-2)27(43)13-39-34(55)28-33(37)38-12-26(36)40-28)35(56)41-9-7-19(8-10-41)42(14-22(47)29(51)31(53)24(49)16-45)15-23(48)30(52)32(54)25(50)17-46/h5-6,11-12,19,22-25,29-32,45-54H,3-4,7-10,13-17H2,1-2H3,(H2-,37,38,39,55)/p+1/t22-,23-,24+,25+,29+,30+,31+,32+/m0/s1. The molecule has 3 aromatic rings. The molecule has 2 amide bonds. The number of nitrogens with zero attached hydrogens (tertiary/aromatic N) is 6. The fourth-order valence-electron chi connectivity index (χ4n) is 7.02. The fourth-order valence-corrected chi connectivity index (χ4v) is 7.30. The van der Waals surface area contributed by atoms with Crippen molar-refractivity contribution in [1.82, 2.24) is 29.7 Å². The molecule has 0 radical (unpaired) electrons. The molecule has 3 heterocycles. The normalized spacial score (nSPS) is 18.4. The van der Waals surface area contributed by atoms with Crippen molar-refractivity contribution in [3.05, 3.63) is 46.1 Å². The number of hydrogen-bond acceptors (Lipinski definition) is 16. The second-order valence-electron chi connectivity index (χ2n) is 13.8. The molecule has 20 nitrogen and oxygen atoms in total. The van der Waals surface area contributed by atoms with Crippen LogP contribution in [0.15, 0.2) is 29.0 Å². The van der Waals surface area contributed by atoms with Gasteiger partial charge in [-0.05, 0) is 54.8 Å². The summed E-state index contributed by atoms with van der Waals surface area (Å²) in [6.07, 6.45) is -12.5. The van der Waals surface area contributed by atoms with Crippen LogP contribution < -0.4 is 15.6 Å². The summed E-state index contributed by atoms with van der Waals surface area (Å²) < 4.78 is 4.40. The van der Waals surface area contributed by atoms with Gasteiger partial charge in [0.05, 0.1) is 44.7 Å². The second-order valence-corrected chi connectivity index (χ2v) is 14.6. The number of imidazole rings is 1. The molecule has 21 heteroatoms. The number of amides is 2. The molecule has 0 spiro atoms. The number of nitrogens with one attached hydrogen (secondary N) is 1. The summed E-state index contributed by atoms with van der Waals surface area (Å²) in [5.41, 5.74) is 7.90. The smallest absolute Gasteiger partial charge is 0.277 e. The molecule has 13 N–H and O–H groups in total. The van der Waals surface area contributed by atoms with E-state index in [1.54, 1.807) is 17.0 Å². The monoisotopic (exact) mass is 857 g/mol. The largest absolute Gasteiger partial charge is 0.394 e. The Hall–Kier alpha value is -3.45. The van der Waals surface area contributed by atoms with E-state index in [4.69, 9.17) is 5.73 Å². The summed E-state index contributed by atoms with van der Waals surface area (Å²) in [7, 11) is 0. The molecular weight excluding hydrogens is 804 g/mol. The zero-order chi connectivity index (χ0) is 41.4. The van der Waals surface area contributed by atoms with Crippen molar-refractivity contribution >= 4 is 44.6 Å². The maximum Gasteiger partial charge on any atom is 0.277 e. The molecule has 0 bridgehead atoms. The van der Waals surface area contributed by atoms with Crippen LogP contribution in [0.3, 0.4) is 0 Å². The number of piperidine rings is 1. The third-order valence-electron chi connectivity index (χ3n) is 10.2. The minimum Gasteiger partial charge on any atom is -0.394 e. The molecule has 0 aliphatic carbocycles. The van der Waals surface area contributed by atoms with Crippen molar-refractivity contribution in [2.24, 2.45) is 0 Å². The Morgan fingerprint density at radius 2 is 1.48 bits per heavy atom. The first-order chi connectivity index (χ1) is 26.6. The summed E-state index contributed by atoms with van der Waals surface area (Å²) in [5.74, 6) is 0.0111. The molecule has 312 valence electrons. The van der Waals surface area contributed by atoms with Gasteiger partial charge in [0.25, 0.3) is 17.6 Å². The molecular formula is C35H54BrN8O12+. The van der Waals surface area contributed by atoms with Crippen LogP contribution in [0.2, 0.25) is 0 Å². The first-order valence-electron chi connectivity index (χ1n) is 18.4. The van der Waals surface area contributed by atoms with Crippen LogP contribution in [-0.4, -0.2) is 181 Å². The quantitative estimate of drug-likeness (QED) is 0.0509. The number of fused-ring (bicyclic) bond motifs is 1. The van der Waals surface area contributed by atoms with Gasteiger partial charge >= 0.3 is 0 Å². The number of aryl methyl sites for hydroxylation is 2. The predicted octanol–water partition coefficient (Wildman–Crippen LogP) is -4.19. The zero-order valence-electron chi connectivity index (χ0n) is 31.2. The minimum absolute atomic E-state index is 0.0117. The van der Waals surface area contributed by atoms with Crippen LogP contribution in [0.5, 0.6) is 0 Å². The van der Waals surface area contributed by atoms with Gasteiger partial charge in [0.15, 0.2) is 22.5 Å². The lowest BCUT2D eigenvalue weighted by atomic mass is 9.97. The minimum atomic E-state index is -1.91. The van der Waals surface area contributed by atoms with Gasteiger partial charge in [-0.15, -0.1) is 0 Å². The van der Waals surface area contributed by atoms with E-state index in [0.29, 0.717) is 36.1 Å². The van der Waals surface area contributed by atoms with E-state index < -0.39 is 87.1 Å². The van der Waals surface area contributed by atoms with Gasteiger partial charge in [0.1, 0.15) is 47.8 Å². The number of hydrogen-bond donors (Lipinski definition) is 12. The van der Waals surface area contributed by atoms with Gasteiger partial charge in [-0.2, -0.15) is 0 Å². The molecule has 4 rings (SSSR count). The maximum absolute atomic E-state index is 13.9. The van der Waals surface area contributed by atoms with E-state index in [2.05, 4.69) is 31.2 Å². The number of carbonyl (C=O) groups is 2. The maximum atomic E-state index is 13.9. The highest BCUT2D eigenvalue weighted by Crippen LogP contribution is 2.24.